The van der Waals surface area contributed by atoms with Gasteiger partial charge in [-0.05, 0) is 12.8 Å². The summed E-state index contributed by atoms with van der Waals surface area (Å²) in [6.07, 6.45) is 2.67. The Kier molecular flexibility index (Phi) is 5.14. The molecule has 0 spiro atoms. The van der Waals surface area contributed by atoms with Crippen molar-refractivity contribution in [2.24, 2.45) is 0 Å². The lowest BCUT2D eigenvalue weighted by Crippen LogP contribution is -2.30. The summed E-state index contributed by atoms with van der Waals surface area (Å²) in [6.45, 7) is 3.51. The molecule has 0 amide bonds. The SMILES string of the molecule is C=CCC(O)(CCl)CCCl. The molecule has 0 saturated heterocycles. The first-order valence-electron chi connectivity index (χ1n) is 3.14. The van der Waals surface area contributed by atoms with Gasteiger partial charge in [-0.1, -0.05) is 6.08 Å². The minimum Gasteiger partial charge on any atom is -0.388 e. The molecule has 0 aromatic rings. The molecule has 0 heterocycles. The van der Waals surface area contributed by atoms with Gasteiger partial charge in [-0.25, -0.2) is 0 Å². The van der Waals surface area contributed by atoms with E-state index in [1.165, 1.54) is 0 Å². The largest absolute Gasteiger partial charge is 0.388 e. The van der Waals surface area contributed by atoms with Crippen molar-refractivity contribution in [2.75, 3.05) is 11.8 Å². The number of halogens is 2. The Morgan fingerprint density at radius 1 is 1.50 bits per heavy atom. The summed E-state index contributed by atoms with van der Waals surface area (Å²) in [6, 6.07) is 0. The number of alkyl halides is 2. The van der Waals surface area contributed by atoms with Crippen LogP contribution in [0.1, 0.15) is 12.8 Å². The lowest BCUT2D eigenvalue weighted by atomic mass is 9.99. The highest BCUT2D eigenvalue weighted by Gasteiger charge is 2.22. The predicted octanol–water partition coefficient (Wildman–Crippen LogP) is 2.16. The fraction of sp³-hybridized carbons (Fsp3) is 0.714. The first-order chi connectivity index (χ1) is 4.68. The highest BCUT2D eigenvalue weighted by Crippen LogP contribution is 2.18. The van der Waals surface area contributed by atoms with Gasteiger partial charge in [0.15, 0.2) is 0 Å². The van der Waals surface area contributed by atoms with Gasteiger partial charge in [-0.15, -0.1) is 29.8 Å². The van der Waals surface area contributed by atoms with Gasteiger partial charge in [0.25, 0.3) is 0 Å². The first kappa shape index (κ1) is 10.3. The maximum Gasteiger partial charge on any atom is 0.0827 e. The summed E-state index contributed by atoms with van der Waals surface area (Å²) >= 11 is 11.0. The summed E-state index contributed by atoms with van der Waals surface area (Å²) in [7, 11) is 0. The van der Waals surface area contributed by atoms with Crippen LogP contribution in [0.15, 0.2) is 12.7 Å². The van der Waals surface area contributed by atoms with Gasteiger partial charge in [-0.2, -0.15) is 0 Å². The van der Waals surface area contributed by atoms with Crippen LogP contribution in [0.5, 0.6) is 0 Å². The Morgan fingerprint density at radius 2 is 2.10 bits per heavy atom. The van der Waals surface area contributed by atoms with E-state index in [0.717, 1.165) is 0 Å². The van der Waals surface area contributed by atoms with Gasteiger partial charge in [0.05, 0.1) is 11.5 Å². The number of aliphatic hydroxyl groups is 1. The molecule has 0 fully saturated rings. The smallest absolute Gasteiger partial charge is 0.0827 e. The van der Waals surface area contributed by atoms with Crippen LogP contribution in [0, 0.1) is 0 Å². The van der Waals surface area contributed by atoms with Crippen LogP contribution in [0.4, 0.5) is 0 Å². The molecule has 0 aliphatic carbocycles. The normalized spacial score (nSPS) is 16.3. The second-order valence-corrected chi connectivity index (χ2v) is 2.93. The maximum absolute atomic E-state index is 9.53. The van der Waals surface area contributed by atoms with Crippen molar-refractivity contribution < 1.29 is 5.11 Å². The molecule has 0 radical (unpaired) electrons. The fourth-order valence-corrected chi connectivity index (χ4v) is 1.26. The monoisotopic (exact) mass is 182 g/mol. The Balaban J connectivity index is 3.80. The minimum atomic E-state index is -0.842. The second kappa shape index (κ2) is 5.00. The quantitative estimate of drug-likeness (QED) is 0.511. The van der Waals surface area contributed by atoms with Crippen LogP contribution in [0.25, 0.3) is 0 Å². The average molecular weight is 183 g/mol. The van der Waals surface area contributed by atoms with Gasteiger partial charge < -0.3 is 5.11 Å². The van der Waals surface area contributed by atoms with Gasteiger partial charge in [0.1, 0.15) is 0 Å². The van der Waals surface area contributed by atoms with Crippen molar-refractivity contribution in [1.29, 1.82) is 0 Å². The molecule has 0 aliphatic rings. The highest BCUT2D eigenvalue weighted by molar-refractivity contribution is 6.19. The molecule has 60 valence electrons. The van der Waals surface area contributed by atoms with E-state index in [0.29, 0.717) is 18.7 Å². The molecule has 0 rings (SSSR count). The molecule has 1 atom stereocenters. The molecule has 0 aromatic carbocycles. The van der Waals surface area contributed by atoms with E-state index in [1.807, 2.05) is 0 Å². The van der Waals surface area contributed by atoms with Crippen molar-refractivity contribution in [1.82, 2.24) is 0 Å². The van der Waals surface area contributed by atoms with Gasteiger partial charge >= 0.3 is 0 Å². The average Bonchev–Trinajstić information content (AvgIpc) is 1.89. The molecular weight excluding hydrogens is 171 g/mol. The van der Waals surface area contributed by atoms with Crippen molar-refractivity contribution in [3.63, 3.8) is 0 Å². The zero-order valence-corrected chi connectivity index (χ0v) is 7.33. The van der Waals surface area contributed by atoms with Crippen LogP contribution in [0.2, 0.25) is 0 Å². The zero-order chi connectivity index (χ0) is 8.04. The summed E-state index contributed by atoms with van der Waals surface area (Å²) < 4.78 is 0. The van der Waals surface area contributed by atoms with E-state index in [9.17, 15) is 5.11 Å². The van der Waals surface area contributed by atoms with E-state index in [-0.39, 0.29) is 5.88 Å². The maximum atomic E-state index is 9.53. The summed E-state index contributed by atoms with van der Waals surface area (Å²) in [5, 5.41) is 9.53. The van der Waals surface area contributed by atoms with Crippen LogP contribution in [-0.2, 0) is 0 Å². The van der Waals surface area contributed by atoms with Gasteiger partial charge in [-0.3, -0.25) is 0 Å². The van der Waals surface area contributed by atoms with Crippen LogP contribution < -0.4 is 0 Å². The number of hydrogen-bond donors (Lipinski definition) is 1. The molecular formula is C7H12Cl2O. The predicted molar refractivity (Wildman–Crippen MR) is 45.8 cm³/mol. The number of rotatable bonds is 5. The fourth-order valence-electron chi connectivity index (χ4n) is 0.668. The summed E-state index contributed by atoms with van der Waals surface area (Å²) in [4.78, 5) is 0. The lowest BCUT2D eigenvalue weighted by Gasteiger charge is -2.22. The van der Waals surface area contributed by atoms with E-state index < -0.39 is 5.60 Å². The van der Waals surface area contributed by atoms with Crippen molar-refractivity contribution in [2.45, 2.75) is 18.4 Å². The molecule has 0 saturated carbocycles. The molecule has 10 heavy (non-hydrogen) atoms. The first-order valence-corrected chi connectivity index (χ1v) is 4.20. The topological polar surface area (TPSA) is 20.2 Å². The third-order valence-corrected chi connectivity index (χ3v) is 2.02. The molecule has 1 nitrogen and oxygen atoms in total. The van der Waals surface area contributed by atoms with E-state index in [2.05, 4.69) is 6.58 Å². The zero-order valence-electron chi connectivity index (χ0n) is 5.82. The Bertz CT molecular complexity index is 106. The third-order valence-electron chi connectivity index (χ3n) is 1.33. The Morgan fingerprint density at radius 3 is 2.40 bits per heavy atom. The minimum absolute atomic E-state index is 0.214. The van der Waals surface area contributed by atoms with E-state index >= 15 is 0 Å². The third kappa shape index (κ3) is 3.45. The van der Waals surface area contributed by atoms with Crippen molar-refractivity contribution in [3.05, 3.63) is 12.7 Å². The molecule has 1 N–H and O–H groups in total. The summed E-state index contributed by atoms with van der Waals surface area (Å²) in [5.74, 6) is 0.642. The summed E-state index contributed by atoms with van der Waals surface area (Å²) in [5.41, 5.74) is -0.842. The van der Waals surface area contributed by atoms with Gasteiger partial charge in [0.2, 0.25) is 0 Å². The standard InChI is InChI=1S/C7H12Cl2O/c1-2-3-7(10,6-9)4-5-8/h2,10H,1,3-6H2. The Labute approximate surface area is 71.6 Å². The van der Waals surface area contributed by atoms with Crippen LogP contribution in [-0.4, -0.2) is 22.5 Å². The van der Waals surface area contributed by atoms with E-state index in [1.54, 1.807) is 6.08 Å². The second-order valence-electron chi connectivity index (χ2n) is 2.29. The Hall–Kier alpha value is 0.280. The van der Waals surface area contributed by atoms with Crippen molar-refractivity contribution >= 4 is 23.2 Å². The molecule has 0 aromatic heterocycles. The molecule has 0 bridgehead atoms. The van der Waals surface area contributed by atoms with Crippen molar-refractivity contribution in [3.8, 4) is 0 Å². The lowest BCUT2D eigenvalue weighted by molar-refractivity contribution is 0.0639. The van der Waals surface area contributed by atoms with Crippen LogP contribution in [0.3, 0.4) is 0 Å². The van der Waals surface area contributed by atoms with Gasteiger partial charge in [0, 0.05) is 5.88 Å². The number of hydrogen-bond acceptors (Lipinski definition) is 1. The highest BCUT2D eigenvalue weighted by atomic mass is 35.5. The molecule has 3 heteroatoms. The van der Waals surface area contributed by atoms with Crippen LogP contribution >= 0.6 is 23.2 Å². The van der Waals surface area contributed by atoms with E-state index in [4.69, 9.17) is 23.2 Å². The molecule has 0 aliphatic heterocycles. The molecule has 1 unspecified atom stereocenters.